The first-order chi connectivity index (χ1) is 8.53. The first kappa shape index (κ1) is 15.6. The van der Waals surface area contributed by atoms with E-state index in [0.717, 1.165) is 6.20 Å². The Morgan fingerprint density at radius 1 is 1.42 bits per heavy atom. The van der Waals surface area contributed by atoms with E-state index in [0.29, 0.717) is 0 Å². The van der Waals surface area contributed by atoms with Gasteiger partial charge in [0.25, 0.3) is 8.32 Å². The molecule has 1 aromatic rings. The van der Waals surface area contributed by atoms with E-state index >= 15 is 0 Å². The standard InChI is InChI=1S/C12H20FN3O2Si/c1-8(17)15-10-9(13)7-14-11(16-10)18-19(5,6)12(2,3)4/h7H,1-6H3,(H,14,15,16,17). The van der Waals surface area contributed by atoms with E-state index in [1.807, 2.05) is 13.1 Å². The molecule has 0 fully saturated rings. The second-order valence-corrected chi connectivity index (χ2v) is 10.6. The molecule has 0 aromatic carbocycles. The molecule has 1 rings (SSSR count). The van der Waals surface area contributed by atoms with Crippen LogP contribution in [0.5, 0.6) is 6.01 Å². The van der Waals surface area contributed by atoms with Gasteiger partial charge >= 0.3 is 6.01 Å². The predicted octanol–water partition coefficient (Wildman–Crippen LogP) is 2.96. The third-order valence-electron chi connectivity index (χ3n) is 3.17. The number of anilines is 1. The van der Waals surface area contributed by atoms with Crippen molar-refractivity contribution in [2.45, 2.75) is 45.8 Å². The lowest BCUT2D eigenvalue weighted by Gasteiger charge is -2.35. The highest BCUT2D eigenvalue weighted by molar-refractivity contribution is 6.74. The Kier molecular flexibility index (Phi) is 4.29. The van der Waals surface area contributed by atoms with Crippen molar-refractivity contribution in [1.29, 1.82) is 0 Å². The Balaban J connectivity index is 3.00. The zero-order chi connectivity index (χ0) is 14.8. The molecule has 0 aliphatic heterocycles. The molecule has 0 atom stereocenters. The lowest BCUT2D eigenvalue weighted by Crippen LogP contribution is -2.44. The molecule has 0 saturated heterocycles. The molecule has 0 unspecified atom stereocenters. The molecule has 1 heterocycles. The number of nitrogens with one attached hydrogen (secondary N) is 1. The lowest BCUT2D eigenvalue weighted by atomic mass is 10.2. The van der Waals surface area contributed by atoms with Crippen molar-refractivity contribution < 1.29 is 13.6 Å². The quantitative estimate of drug-likeness (QED) is 0.867. The smallest absolute Gasteiger partial charge is 0.304 e. The summed E-state index contributed by atoms with van der Waals surface area (Å²) >= 11 is 0. The number of hydrogen-bond acceptors (Lipinski definition) is 4. The van der Waals surface area contributed by atoms with Crippen LogP contribution in [0.25, 0.3) is 0 Å². The Bertz CT molecular complexity index is 486. The molecule has 106 valence electrons. The highest BCUT2D eigenvalue weighted by atomic mass is 28.4. The topological polar surface area (TPSA) is 64.1 Å². The highest BCUT2D eigenvalue weighted by Crippen LogP contribution is 2.36. The van der Waals surface area contributed by atoms with E-state index in [9.17, 15) is 9.18 Å². The first-order valence-corrected chi connectivity index (χ1v) is 8.93. The summed E-state index contributed by atoms with van der Waals surface area (Å²) in [6, 6.07) is 0.0942. The molecule has 1 N–H and O–H groups in total. The number of halogens is 1. The Hall–Kier alpha value is -1.50. The number of hydrogen-bond donors (Lipinski definition) is 1. The molecule has 0 spiro atoms. The van der Waals surface area contributed by atoms with Gasteiger partial charge < -0.3 is 9.74 Å². The minimum Gasteiger partial charge on any atom is -0.517 e. The van der Waals surface area contributed by atoms with Gasteiger partial charge in [-0.25, -0.2) is 9.37 Å². The van der Waals surface area contributed by atoms with Gasteiger partial charge in [-0.1, -0.05) is 20.8 Å². The number of aromatic nitrogens is 2. The normalized spacial score (nSPS) is 12.2. The summed E-state index contributed by atoms with van der Waals surface area (Å²) < 4.78 is 19.3. The molecule has 5 nitrogen and oxygen atoms in total. The van der Waals surface area contributed by atoms with Crippen LogP contribution in [0.4, 0.5) is 10.2 Å². The summed E-state index contributed by atoms with van der Waals surface area (Å²) in [5.41, 5.74) is 0. The molecular formula is C12H20FN3O2Si. The molecule has 1 amide bonds. The van der Waals surface area contributed by atoms with Gasteiger partial charge in [0.05, 0.1) is 6.20 Å². The zero-order valence-electron chi connectivity index (χ0n) is 12.2. The molecule has 0 bridgehead atoms. The second kappa shape index (κ2) is 5.24. The van der Waals surface area contributed by atoms with Gasteiger partial charge in [-0.05, 0) is 18.1 Å². The van der Waals surface area contributed by atoms with Gasteiger partial charge in [0.15, 0.2) is 11.6 Å². The predicted molar refractivity (Wildman–Crippen MR) is 74.1 cm³/mol. The molecule has 0 saturated carbocycles. The average Bonchev–Trinajstić information content (AvgIpc) is 2.20. The third kappa shape index (κ3) is 3.98. The van der Waals surface area contributed by atoms with Crippen LogP contribution >= 0.6 is 0 Å². The van der Waals surface area contributed by atoms with Gasteiger partial charge in [-0.2, -0.15) is 4.98 Å². The third-order valence-corrected chi connectivity index (χ3v) is 7.47. The van der Waals surface area contributed by atoms with E-state index in [4.69, 9.17) is 4.43 Å². The van der Waals surface area contributed by atoms with Crippen LogP contribution in [0, 0.1) is 5.82 Å². The van der Waals surface area contributed by atoms with E-state index in [2.05, 4.69) is 36.1 Å². The van der Waals surface area contributed by atoms with Crippen molar-refractivity contribution in [2.75, 3.05) is 5.32 Å². The van der Waals surface area contributed by atoms with Crippen molar-refractivity contribution in [1.82, 2.24) is 9.97 Å². The van der Waals surface area contributed by atoms with Gasteiger partial charge in [-0.15, -0.1) is 0 Å². The van der Waals surface area contributed by atoms with Gasteiger partial charge in [0.2, 0.25) is 5.91 Å². The van der Waals surface area contributed by atoms with Crippen molar-refractivity contribution in [3.05, 3.63) is 12.0 Å². The van der Waals surface area contributed by atoms with E-state index in [1.54, 1.807) is 0 Å². The largest absolute Gasteiger partial charge is 0.517 e. The summed E-state index contributed by atoms with van der Waals surface area (Å²) in [6.45, 7) is 11.6. The maximum Gasteiger partial charge on any atom is 0.304 e. The molecular weight excluding hydrogens is 265 g/mol. The molecule has 7 heteroatoms. The SMILES string of the molecule is CC(=O)Nc1nc(O[Si](C)(C)C(C)(C)C)ncc1F. The van der Waals surface area contributed by atoms with Crippen LogP contribution in [-0.2, 0) is 4.79 Å². The van der Waals surface area contributed by atoms with Crippen molar-refractivity contribution in [3.8, 4) is 6.01 Å². The number of nitrogens with zero attached hydrogens (tertiary/aromatic N) is 2. The van der Waals surface area contributed by atoms with Gasteiger partial charge in [0.1, 0.15) is 0 Å². The molecule has 0 radical (unpaired) electrons. The van der Waals surface area contributed by atoms with Gasteiger partial charge in [-0.3, -0.25) is 4.79 Å². The second-order valence-electron chi connectivity index (χ2n) is 5.89. The van der Waals surface area contributed by atoms with Crippen LogP contribution in [0.2, 0.25) is 18.1 Å². The summed E-state index contributed by atoms with van der Waals surface area (Å²) in [6.07, 6.45) is 1.00. The minimum absolute atomic E-state index is 0.0150. The summed E-state index contributed by atoms with van der Waals surface area (Å²) in [4.78, 5) is 18.7. The summed E-state index contributed by atoms with van der Waals surface area (Å²) in [7, 11) is -2.09. The maximum absolute atomic E-state index is 13.4. The minimum atomic E-state index is -2.09. The fraction of sp³-hybridized carbons (Fsp3) is 0.583. The van der Waals surface area contributed by atoms with Crippen molar-refractivity contribution >= 4 is 20.0 Å². The van der Waals surface area contributed by atoms with Crippen molar-refractivity contribution in [2.24, 2.45) is 0 Å². The fourth-order valence-corrected chi connectivity index (χ4v) is 1.90. The first-order valence-electron chi connectivity index (χ1n) is 6.02. The molecule has 0 aliphatic carbocycles. The summed E-state index contributed by atoms with van der Waals surface area (Å²) in [5, 5.41) is 2.29. The molecule has 19 heavy (non-hydrogen) atoms. The molecule has 0 aliphatic rings. The highest BCUT2D eigenvalue weighted by Gasteiger charge is 2.39. The van der Waals surface area contributed by atoms with E-state index < -0.39 is 20.0 Å². The Morgan fingerprint density at radius 3 is 2.47 bits per heavy atom. The molecule has 1 aromatic heterocycles. The fourth-order valence-electron chi connectivity index (χ4n) is 1.04. The number of carbonyl (C=O) groups excluding carboxylic acids is 1. The van der Waals surface area contributed by atoms with Crippen LogP contribution < -0.4 is 9.74 Å². The van der Waals surface area contributed by atoms with Crippen LogP contribution in [0.15, 0.2) is 6.20 Å². The average molecular weight is 285 g/mol. The van der Waals surface area contributed by atoms with E-state index in [-0.39, 0.29) is 16.9 Å². The summed E-state index contributed by atoms with van der Waals surface area (Å²) in [5.74, 6) is -1.23. The van der Waals surface area contributed by atoms with Crippen LogP contribution in [0.1, 0.15) is 27.7 Å². The Labute approximate surface area is 113 Å². The number of carbonyl (C=O) groups is 1. The van der Waals surface area contributed by atoms with Crippen LogP contribution in [-0.4, -0.2) is 24.2 Å². The van der Waals surface area contributed by atoms with Gasteiger partial charge in [0, 0.05) is 6.92 Å². The Morgan fingerprint density at radius 2 is 2.00 bits per heavy atom. The van der Waals surface area contributed by atoms with E-state index in [1.165, 1.54) is 6.92 Å². The van der Waals surface area contributed by atoms with Crippen LogP contribution in [0.3, 0.4) is 0 Å². The monoisotopic (exact) mass is 285 g/mol. The van der Waals surface area contributed by atoms with Crippen molar-refractivity contribution in [3.63, 3.8) is 0 Å². The number of rotatable bonds is 3. The number of amides is 1. The zero-order valence-corrected chi connectivity index (χ0v) is 13.2. The maximum atomic E-state index is 13.4. The lowest BCUT2D eigenvalue weighted by molar-refractivity contribution is -0.114.